The first-order valence-electron chi connectivity index (χ1n) is 10.2. The number of nitrogens with zero attached hydrogens (tertiary/aromatic N) is 1. The van der Waals surface area contributed by atoms with Crippen molar-refractivity contribution in [3.05, 3.63) is 90.8 Å². The average molecular weight is 635 g/mol. The van der Waals surface area contributed by atoms with Gasteiger partial charge in [0.1, 0.15) is 6.61 Å². The van der Waals surface area contributed by atoms with Crippen LogP contribution in [-0.2, 0) is 11.4 Å². The van der Waals surface area contributed by atoms with Gasteiger partial charge in [-0.2, -0.15) is 0 Å². The van der Waals surface area contributed by atoms with Crippen molar-refractivity contribution in [2.75, 3.05) is 6.61 Å². The molecule has 1 heterocycles. The van der Waals surface area contributed by atoms with E-state index >= 15 is 0 Å². The molecular formula is C25H20BrIN2O3S. The molecule has 1 fully saturated rings. The smallest absolute Gasteiger partial charge is 0.264 e. The van der Waals surface area contributed by atoms with Gasteiger partial charge in [-0.25, -0.2) is 4.99 Å². The number of hydrogen-bond donors (Lipinski definition) is 1. The van der Waals surface area contributed by atoms with E-state index < -0.39 is 0 Å². The molecule has 0 saturated carbocycles. The molecular weight excluding hydrogens is 615 g/mol. The van der Waals surface area contributed by atoms with Crippen molar-refractivity contribution in [1.29, 1.82) is 0 Å². The molecule has 3 aromatic rings. The Morgan fingerprint density at radius 3 is 2.67 bits per heavy atom. The minimum atomic E-state index is -0.178. The van der Waals surface area contributed by atoms with Gasteiger partial charge in [0.25, 0.3) is 5.91 Å². The van der Waals surface area contributed by atoms with Crippen molar-refractivity contribution in [3.63, 3.8) is 0 Å². The van der Waals surface area contributed by atoms with Gasteiger partial charge in [0, 0.05) is 3.57 Å². The molecule has 0 aliphatic carbocycles. The zero-order chi connectivity index (χ0) is 23.2. The van der Waals surface area contributed by atoms with Gasteiger partial charge in [-0.3, -0.25) is 4.79 Å². The minimum absolute atomic E-state index is 0.178. The standard InChI is InChI=1S/C25H20BrIN2O3S/c1-2-31-21-12-17(11-20(26)23(21)32-15-16-7-4-3-5-8-16)13-22-24(30)29-25(33-22)28-19-10-6-9-18(27)14-19/h3-14H,2,15H2,1H3,(H,28,29,30)/b22-13+. The van der Waals surface area contributed by atoms with E-state index in [4.69, 9.17) is 9.47 Å². The van der Waals surface area contributed by atoms with Gasteiger partial charge in [0.2, 0.25) is 0 Å². The summed E-state index contributed by atoms with van der Waals surface area (Å²) >= 11 is 7.15. The molecule has 8 heteroatoms. The van der Waals surface area contributed by atoms with Crippen molar-refractivity contribution in [2.45, 2.75) is 13.5 Å². The van der Waals surface area contributed by atoms with E-state index in [0.717, 1.165) is 24.9 Å². The van der Waals surface area contributed by atoms with Gasteiger partial charge < -0.3 is 14.8 Å². The summed E-state index contributed by atoms with van der Waals surface area (Å²) in [5, 5.41) is 3.39. The number of nitrogens with one attached hydrogen (secondary N) is 1. The number of amides is 1. The number of amidine groups is 1. The fraction of sp³-hybridized carbons (Fsp3) is 0.120. The molecule has 1 amide bonds. The second-order valence-corrected chi connectivity index (χ2v) is 10.1. The average Bonchev–Trinajstić information content (AvgIpc) is 3.12. The third-order valence-electron chi connectivity index (χ3n) is 4.55. The lowest BCUT2D eigenvalue weighted by molar-refractivity contribution is -0.115. The van der Waals surface area contributed by atoms with Gasteiger partial charge in [-0.15, -0.1) is 0 Å². The lowest BCUT2D eigenvalue weighted by Crippen LogP contribution is -2.19. The summed E-state index contributed by atoms with van der Waals surface area (Å²) in [5.41, 5.74) is 2.69. The molecule has 0 unspecified atom stereocenters. The van der Waals surface area contributed by atoms with Crippen LogP contribution in [0.15, 0.2) is 81.1 Å². The number of aliphatic imine (C=N–C) groups is 1. The molecule has 0 atom stereocenters. The summed E-state index contributed by atoms with van der Waals surface area (Å²) in [7, 11) is 0. The summed E-state index contributed by atoms with van der Waals surface area (Å²) in [6, 6.07) is 21.6. The molecule has 1 aliphatic rings. The van der Waals surface area contributed by atoms with E-state index in [1.165, 1.54) is 11.8 Å². The van der Waals surface area contributed by atoms with Gasteiger partial charge in [0.05, 0.1) is 21.7 Å². The van der Waals surface area contributed by atoms with Crippen molar-refractivity contribution >= 4 is 73.1 Å². The van der Waals surface area contributed by atoms with E-state index in [1.807, 2.05) is 79.7 Å². The van der Waals surface area contributed by atoms with Crippen LogP contribution in [0.5, 0.6) is 11.5 Å². The molecule has 1 aliphatic heterocycles. The molecule has 3 aromatic carbocycles. The molecule has 1 saturated heterocycles. The number of thioether (sulfide) groups is 1. The highest BCUT2D eigenvalue weighted by atomic mass is 127. The fourth-order valence-corrected chi connectivity index (χ4v) is 5.04. The maximum atomic E-state index is 12.5. The van der Waals surface area contributed by atoms with Crippen LogP contribution in [0.4, 0.5) is 5.69 Å². The predicted octanol–water partition coefficient (Wildman–Crippen LogP) is 6.92. The van der Waals surface area contributed by atoms with Crippen molar-refractivity contribution in [1.82, 2.24) is 5.32 Å². The number of rotatable bonds is 7. The highest BCUT2D eigenvalue weighted by molar-refractivity contribution is 14.1. The first kappa shape index (κ1) is 23.8. The Balaban J connectivity index is 1.56. The Kier molecular flexibility index (Phi) is 8.11. The fourth-order valence-electron chi connectivity index (χ4n) is 3.10. The van der Waals surface area contributed by atoms with Crippen LogP contribution >= 0.6 is 50.3 Å². The SMILES string of the molecule is CCOc1cc(/C=C2/SC(=Nc3cccc(I)c3)NC2=O)cc(Br)c1OCc1ccccc1. The summed E-state index contributed by atoms with van der Waals surface area (Å²) in [6.45, 7) is 2.85. The molecule has 168 valence electrons. The number of hydrogen-bond acceptors (Lipinski definition) is 5. The highest BCUT2D eigenvalue weighted by Gasteiger charge is 2.24. The van der Waals surface area contributed by atoms with Gasteiger partial charge in [0.15, 0.2) is 16.7 Å². The van der Waals surface area contributed by atoms with E-state index in [-0.39, 0.29) is 5.91 Å². The number of ether oxygens (including phenoxy) is 2. The molecule has 33 heavy (non-hydrogen) atoms. The first-order chi connectivity index (χ1) is 16.0. The third-order valence-corrected chi connectivity index (χ3v) is 6.72. The van der Waals surface area contributed by atoms with E-state index in [9.17, 15) is 4.79 Å². The van der Waals surface area contributed by atoms with Gasteiger partial charge in [-0.1, -0.05) is 36.4 Å². The van der Waals surface area contributed by atoms with Crippen LogP contribution in [0.1, 0.15) is 18.1 Å². The number of carbonyl (C=O) groups is 1. The second kappa shape index (κ2) is 11.2. The second-order valence-electron chi connectivity index (χ2n) is 7.00. The van der Waals surface area contributed by atoms with Crippen LogP contribution in [0.25, 0.3) is 6.08 Å². The third kappa shape index (κ3) is 6.39. The topological polar surface area (TPSA) is 59.9 Å². The maximum Gasteiger partial charge on any atom is 0.264 e. The van der Waals surface area contributed by atoms with Crippen LogP contribution in [0, 0.1) is 3.57 Å². The first-order valence-corrected chi connectivity index (χ1v) is 12.9. The zero-order valence-electron chi connectivity index (χ0n) is 17.7. The molecule has 0 spiro atoms. The molecule has 5 nitrogen and oxygen atoms in total. The van der Waals surface area contributed by atoms with Crippen molar-refractivity contribution < 1.29 is 14.3 Å². The lowest BCUT2D eigenvalue weighted by Gasteiger charge is -2.15. The Morgan fingerprint density at radius 2 is 1.91 bits per heavy atom. The van der Waals surface area contributed by atoms with Gasteiger partial charge in [-0.05, 0) is 105 Å². The molecule has 0 bridgehead atoms. The monoisotopic (exact) mass is 634 g/mol. The van der Waals surface area contributed by atoms with Crippen LogP contribution in [-0.4, -0.2) is 17.7 Å². The summed E-state index contributed by atoms with van der Waals surface area (Å²) < 4.78 is 13.7. The minimum Gasteiger partial charge on any atom is -0.490 e. The Hall–Kier alpha value is -2.30. The largest absolute Gasteiger partial charge is 0.490 e. The summed E-state index contributed by atoms with van der Waals surface area (Å²) in [4.78, 5) is 17.6. The lowest BCUT2D eigenvalue weighted by atomic mass is 10.1. The highest BCUT2D eigenvalue weighted by Crippen LogP contribution is 2.39. The normalized spacial score (nSPS) is 15.7. The Labute approximate surface area is 218 Å². The maximum absolute atomic E-state index is 12.5. The van der Waals surface area contributed by atoms with Crippen LogP contribution in [0.2, 0.25) is 0 Å². The van der Waals surface area contributed by atoms with E-state index in [2.05, 4.69) is 48.8 Å². The van der Waals surface area contributed by atoms with Gasteiger partial charge >= 0.3 is 0 Å². The van der Waals surface area contributed by atoms with Crippen LogP contribution < -0.4 is 14.8 Å². The van der Waals surface area contributed by atoms with Crippen molar-refractivity contribution in [2.24, 2.45) is 4.99 Å². The Morgan fingerprint density at radius 1 is 1.09 bits per heavy atom. The number of benzene rings is 3. The molecule has 0 aromatic heterocycles. The van der Waals surface area contributed by atoms with E-state index in [0.29, 0.717) is 34.8 Å². The molecule has 1 N–H and O–H groups in total. The number of carbonyl (C=O) groups excluding carboxylic acids is 1. The molecule has 4 rings (SSSR count). The quantitative estimate of drug-likeness (QED) is 0.226. The zero-order valence-corrected chi connectivity index (χ0v) is 22.2. The Bertz CT molecular complexity index is 1230. The van der Waals surface area contributed by atoms with Crippen LogP contribution in [0.3, 0.4) is 0 Å². The summed E-state index contributed by atoms with van der Waals surface area (Å²) in [6.07, 6.45) is 1.82. The van der Waals surface area contributed by atoms with Crippen molar-refractivity contribution in [3.8, 4) is 11.5 Å². The number of halogens is 2. The predicted molar refractivity (Wildman–Crippen MR) is 146 cm³/mol. The summed E-state index contributed by atoms with van der Waals surface area (Å²) in [5.74, 6) is 1.07. The van der Waals surface area contributed by atoms with E-state index in [1.54, 1.807) is 0 Å². The molecule has 0 radical (unpaired) electrons.